The molecule has 0 spiro atoms. The summed E-state index contributed by atoms with van der Waals surface area (Å²) < 4.78 is 39.0. The summed E-state index contributed by atoms with van der Waals surface area (Å²) in [7, 11) is 0. The van der Waals surface area contributed by atoms with Crippen LogP contribution in [0.25, 0.3) is 0 Å². The molecule has 2 rings (SSSR count). The number of aliphatic hydroxyl groups excluding tert-OH is 1. The molecule has 1 aromatic rings. The molecule has 1 saturated heterocycles. The minimum absolute atomic E-state index is 0.0645. The summed E-state index contributed by atoms with van der Waals surface area (Å²) in [6.07, 6.45) is -1.21. The third kappa shape index (κ3) is 3.26. The molecular weight excluding hydrogens is 267 g/mol. The Morgan fingerprint density at radius 3 is 2.70 bits per heavy atom. The van der Waals surface area contributed by atoms with E-state index in [1.807, 2.05) is 4.90 Å². The fourth-order valence-electron chi connectivity index (χ4n) is 2.80. The predicted octanol–water partition coefficient (Wildman–Crippen LogP) is 3.82. The largest absolute Gasteiger partial charge is 0.416 e. The molecule has 2 nitrogen and oxygen atoms in total. The van der Waals surface area contributed by atoms with Gasteiger partial charge in [-0.1, -0.05) is 19.4 Å². The van der Waals surface area contributed by atoms with Gasteiger partial charge in [-0.3, -0.25) is 0 Å². The first-order valence-corrected chi connectivity index (χ1v) is 7.01. The van der Waals surface area contributed by atoms with Crippen molar-refractivity contribution in [2.75, 3.05) is 18.0 Å². The Bertz CT molecular complexity index is 459. The number of aliphatic hydroxyl groups is 1. The van der Waals surface area contributed by atoms with Crippen molar-refractivity contribution >= 4 is 5.69 Å². The Morgan fingerprint density at radius 1 is 1.35 bits per heavy atom. The fourth-order valence-corrected chi connectivity index (χ4v) is 2.80. The van der Waals surface area contributed by atoms with Crippen LogP contribution in [0.4, 0.5) is 18.9 Å². The summed E-state index contributed by atoms with van der Waals surface area (Å²) in [5, 5.41) is 9.05. The van der Waals surface area contributed by atoms with E-state index in [-0.39, 0.29) is 5.56 Å². The van der Waals surface area contributed by atoms with Crippen LogP contribution in [0, 0.1) is 5.92 Å². The van der Waals surface area contributed by atoms with Gasteiger partial charge in [0.05, 0.1) is 12.2 Å². The third-order valence-corrected chi connectivity index (χ3v) is 4.03. The van der Waals surface area contributed by atoms with E-state index in [9.17, 15) is 13.2 Å². The van der Waals surface area contributed by atoms with Gasteiger partial charge in [-0.15, -0.1) is 0 Å². The van der Waals surface area contributed by atoms with Gasteiger partial charge in [0.25, 0.3) is 0 Å². The van der Waals surface area contributed by atoms with Gasteiger partial charge in [-0.05, 0) is 36.5 Å². The molecule has 1 fully saturated rings. The third-order valence-electron chi connectivity index (χ3n) is 4.03. The molecule has 1 heterocycles. The van der Waals surface area contributed by atoms with E-state index in [0.717, 1.165) is 32.4 Å². The second-order valence-electron chi connectivity index (χ2n) is 5.36. The van der Waals surface area contributed by atoms with Crippen molar-refractivity contribution in [3.63, 3.8) is 0 Å². The van der Waals surface area contributed by atoms with Crippen molar-refractivity contribution in [3.8, 4) is 0 Å². The quantitative estimate of drug-likeness (QED) is 0.913. The first kappa shape index (κ1) is 15.2. The molecule has 1 aliphatic rings. The number of piperidine rings is 1. The normalized spacial score (nSPS) is 20.2. The van der Waals surface area contributed by atoms with Gasteiger partial charge in [0, 0.05) is 18.8 Å². The predicted molar refractivity (Wildman–Crippen MR) is 72.6 cm³/mol. The molecule has 1 aromatic carbocycles. The molecule has 1 atom stereocenters. The summed E-state index contributed by atoms with van der Waals surface area (Å²) in [4.78, 5) is 2.02. The summed E-state index contributed by atoms with van der Waals surface area (Å²) >= 11 is 0. The van der Waals surface area contributed by atoms with Crippen LogP contribution in [0.1, 0.15) is 37.3 Å². The molecule has 0 saturated carbocycles. The first-order chi connectivity index (χ1) is 9.45. The molecule has 1 aliphatic heterocycles. The highest BCUT2D eigenvalue weighted by atomic mass is 19.4. The van der Waals surface area contributed by atoms with Gasteiger partial charge in [-0.2, -0.15) is 13.2 Å². The van der Waals surface area contributed by atoms with Gasteiger partial charge in [-0.25, -0.2) is 0 Å². The molecule has 0 aliphatic carbocycles. The number of benzene rings is 1. The number of halogens is 3. The lowest BCUT2D eigenvalue weighted by Crippen LogP contribution is -2.35. The van der Waals surface area contributed by atoms with E-state index in [2.05, 4.69) is 6.92 Å². The lowest BCUT2D eigenvalue weighted by atomic mass is 9.95. The van der Waals surface area contributed by atoms with Crippen LogP contribution in [0.3, 0.4) is 0 Å². The van der Waals surface area contributed by atoms with Crippen LogP contribution in [0.15, 0.2) is 18.2 Å². The molecule has 0 radical (unpaired) electrons. The molecule has 20 heavy (non-hydrogen) atoms. The molecule has 1 N–H and O–H groups in total. The Balaban J connectivity index is 2.29. The van der Waals surface area contributed by atoms with Crippen molar-refractivity contribution in [2.45, 2.75) is 39.0 Å². The number of alkyl halides is 3. The van der Waals surface area contributed by atoms with E-state index >= 15 is 0 Å². The zero-order chi connectivity index (χ0) is 14.8. The van der Waals surface area contributed by atoms with Crippen LogP contribution in [-0.4, -0.2) is 18.2 Å². The number of rotatable bonds is 3. The molecular formula is C15H20F3NO. The Morgan fingerprint density at radius 2 is 2.10 bits per heavy atom. The van der Waals surface area contributed by atoms with Gasteiger partial charge in [0.1, 0.15) is 0 Å². The highest BCUT2D eigenvalue weighted by molar-refractivity contribution is 5.52. The minimum atomic E-state index is -4.42. The van der Waals surface area contributed by atoms with Gasteiger partial charge in [0.15, 0.2) is 0 Å². The van der Waals surface area contributed by atoms with E-state index < -0.39 is 18.3 Å². The van der Waals surface area contributed by atoms with Crippen molar-refractivity contribution in [1.29, 1.82) is 0 Å². The monoisotopic (exact) mass is 287 g/mol. The van der Waals surface area contributed by atoms with Crippen LogP contribution in [0.2, 0.25) is 0 Å². The van der Waals surface area contributed by atoms with Crippen molar-refractivity contribution in [1.82, 2.24) is 0 Å². The highest BCUT2D eigenvalue weighted by Gasteiger charge is 2.34. The van der Waals surface area contributed by atoms with Crippen molar-refractivity contribution < 1.29 is 18.3 Å². The Kier molecular flexibility index (Phi) is 4.58. The molecule has 1 unspecified atom stereocenters. The SMILES string of the molecule is CCC1CCCN(c2ccc(CO)c(C(F)(F)F)c2)C1. The Labute approximate surface area is 117 Å². The zero-order valence-corrected chi connectivity index (χ0v) is 11.6. The summed E-state index contributed by atoms with van der Waals surface area (Å²) in [5.74, 6) is 0.551. The van der Waals surface area contributed by atoms with Crippen LogP contribution >= 0.6 is 0 Å². The van der Waals surface area contributed by atoms with E-state index in [0.29, 0.717) is 11.6 Å². The minimum Gasteiger partial charge on any atom is -0.392 e. The van der Waals surface area contributed by atoms with Gasteiger partial charge < -0.3 is 10.0 Å². The number of anilines is 1. The smallest absolute Gasteiger partial charge is 0.392 e. The van der Waals surface area contributed by atoms with Crippen LogP contribution in [0.5, 0.6) is 0 Å². The lowest BCUT2D eigenvalue weighted by Gasteiger charge is -2.34. The highest BCUT2D eigenvalue weighted by Crippen LogP contribution is 2.35. The average molecular weight is 287 g/mol. The molecule has 112 valence electrons. The number of nitrogens with zero attached hydrogens (tertiary/aromatic N) is 1. The van der Waals surface area contributed by atoms with E-state index in [1.165, 1.54) is 12.1 Å². The second-order valence-corrected chi connectivity index (χ2v) is 5.36. The maximum absolute atomic E-state index is 13.0. The molecule has 0 aromatic heterocycles. The number of hydrogen-bond acceptors (Lipinski definition) is 2. The van der Waals surface area contributed by atoms with E-state index in [1.54, 1.807) is 6.07 Å². The Hall–Kier alpha value is -1.23. The summed E-state index contributed by atoms with van der Waals surface area (Å²) in [6.45, 7) is 3.13. The lowest BCUT2D eigenvalue weighted by molar-refractivity contribution is -0.138. The van der Waals surface area contributed by atoms with Crippen LogP contribution < -0.4 is 4.90 Å². The molecule has 5 heteroatoms. The van der Waals surface area contributed by atoms with Crippen LogP contribution in [-0.2, 0) is 12.8 Å². The summed E-state index contributed by atoms with van der Waals surface area (Å²) in [5.41, 5.74) is -0.186. The zero-order valence-electron chi connectivity index (χ0n) is 11.6. The maximum Gasteiger partial charge on any atom is 0.416 e. The first-order valence-electron chi connectivity index (χ1n) is 7.01. The summed E-state index contributed by atoms with van der Waals surface area (Å²) in [6, 6.07) is 4.23. The van der Waals surface area contributed by atoms with Gasteiger partial charge in [0.2, 0.25) is 0 Å². The average Bonchev–Trinajstić information content (AvgIpc) is 2.45. The molecule has 0 bridgehead atoms. The molecule has 0 amide bonds. The fraction of sp³-hybridized carbons (Fsp3) is 0.600. The van der Waals surface area contributed by atoms with Gasteiger partial charge >= 0.3 is 6.18 Å². The second kappa shape index (κ2) is 6.04. The standard InChI is InChI=1S/C15H20F3NO/c1-2-11-4-3-7-19(9-11)13-6-5-12(10-20)14(8-13)15(16,17)18/h5-6,8,11,20H,2-4,7,9-10H2,1H3. The van der Waals surface area contributed by atoms with Crippen molar-refractivity contribution in [2.24, 2.45) is 5.92 Å². The van der Waals surface area contributed by atoms with Crippen molar-refractivity contribution in [3.05, 3.63) is 29.3 Å². The number of hydrogen-bond donors (Lipinski definition) is 1. The topological polar surface area (TPSA) is 23.5 Å². The maximum atomic E-state index is 13.0. The van der Waals surface area contributed by atoms with E-state index in [4.69, 9.17) is 5.11 Å².